The molecule has 3 atom stereocenters. The van der Waals surface area contributed by atoms with Crippen LogP contribution in [0.1, 0.15) is 46.5 Å². The first-order valence-electron chi connectivity index (χ1n) is 7.00. The maximum Gasteiger partial charge on any atom is 0.234 e. The van der Waals surface area contributed by atoms with Gasteiger partial charge in [-0.15, -0.1) is 0 Å². The molecule has 0 bridgehead atoms. The van der Waals surface area contributed by atoms with E-state index in [1.165, 1.54) is 12.8 Å². The lowest BCUT2D eigenvalue weighted by Gasteiger charge is -2.27. The van der Waals surface area contributed by atoms with E-state index in [1.54, 1.807) is 0 Å². The summed E-state index contributed by atoms with van der Waals surface area (Å²) in [4.78, 5) is 0. The molecule has 0 aromatic rings. The third-order valence-corrected chi connectivity index (χ3v) is 7.38. The zero-order valence-electron chi connectivity index (χ0n) is 11.5. The number of rotatable bonds is 7. The molecule has 2 heteroatoms. The minimum Gasteiger partial charge on any atom is -0.195 e. The van der Waals surface area contributed by atoms with E-state index in [-0.39, 0.29) is 0 Å². The standard InChI is InChI=1S/C15H26FP/c1-4-9-14(3)13-17(12-5-2)15(16)10-7-6-8-11-15/h6-8,10,14H,4-5,9,11-13H2,1-3H3/p+1. The largest absolute Gasteiger partial charge is 0.234 e. The summed E-state index contributed by atoms with van der Waals surface area (Å²) in [7, 11) is -0.920. The van der Waals surface area contributed by atoms with Gasteiger partial charge in [0.2, 0.25) is 5.41 Å². The Hall–Kier alpha value is -0.160. The van der Waals surface area contributed by atoms with E-state index in [0.29, 0.717) is 12.3 Å². The van der Waals surface area contributed by atoms with Crippen LogP contribution in [0.3, 0.4) is 0 Å². The van der Waals surface area contributed by atoms with Crippen LogP contribution in [0.4, 0.5) is 4.39 Å². The van der Waals surface area contributed by atoms with Crippen molar-refractivity contribution in [3.63, 3.8) is 0 Å². The first kappa shape index (κ1) is 14.9. The Morgan fingerprint density at radius 2 is 2.06 bits per heavy atom. The van der Waals surface area contributed by atoms with E-state index in [0.717, 1.165) is 18.7 Å². The van der Waals surface area contributed by atoms with E-state index in [4.69, 9.17) is 0 Å². The molecule has 0 fully saturated rings. The molecular weight excluding hydrogens is 230 g/mol. The highest BCUT2D eigenvalue weighted by Gasteiger charge is 2.42. The van der Waals surface area contributed by atoms with Crippen LogP contribution in [0.5, 0.6) is 0 Å². The van der Waals surface area contributed by atoms with Gasteiger partial charge in [0.15, 0.2) is 0 Å². The van der Waals surface area contributed by atoms with Crippen molar-refractivity contribution in [2.75, 3.05) is 12.3 Å². The second-order valence-electron chi connectivity index (χ2n) is 5.31. The van der Waals surface area contributed by atoms with Gasteiger partial charge in [-0.05, 0) is 24.8 Å². The minimum atomic E-state index is -0.989. The second-order valence-corrected chi connectivity index (χ2v) is 8.25. The molecule has 1 rings (SSSR count). The van der Waals surface area contributed by atoms with Crippen molar-refractivity contribution in [2.24, 2.45) is 5.92 Å². The van der Waals surface area contributed by atoms with Crippen LogP contribution in [0.15, 0.2) is 24.3 Å². The number of hydrogen-bond donors (Lipinski definition) is 0. The Labute approximate surface area is 107 Å². The van der Waals surface area contributed by atoms with Gasteiger partial charge in [-0.25, -0.2) is 0 Å². The van der Waals surface area contributed by atoms with Crippen LogP contribution >= 0.6 is 7.92 Å². The van der Waals surface area contributed by atoms with Gasteiger partial charge in [0.1, 0.15) is 0 Å². The highest BCUT2D eigenvalue weighted by atomic mass is 31.1. The quantitative estimate of drug-likeness (QED) is 0.548. The van der Waals surface area contributed by atoms with E-state index in [1.807, 2.05) is 24.3 Å². The smallest absolute Gasteiger partial charge is 0.195 e. The Kier molecular flexibility index (Phi) is 6.41. The zero-order valence-corrected chi connectivity index (χ0v) is 12.5. The lowest BCUT2D eigenvalue weighted by molar-refractivity contribution is 0.345. The third kappa shape index (κ3) is 4.54. The number of hydrogen-bond acceptors (Lipinski definition) is 0. The third-order valence-electron chi connectivity index (χ3n) is 3.54. The fourth-order valence-electron chi connectivity index (χ4n) is 2.65. The molecule has 0 nitrogen and oxygen atoms in total. The minimum absolute atomic E-state index is 0.608. The summed E-state index contributed by atoms with van der Waals surface area (Å²) in [5.74, 6) is 0.687. The normalized spacial score (nSPS) is 27.1. The van der Waals surface area contributed by atoms with Crippen LogP contribution in [0, 0.1) is 5.92 Å². The molecule has 0 aromatic heterocycles. The van der Waals surface area contributed by atoms with Crippen molar-refractivity contribution in [1.82, 2.24) is 0 Å². The fourth-order valence-corrected chi connectivity index (χ4v) is 6.00. The molecule has 0 N–H and O–H groups in total. The van der Waals surface area contributed by atoms with Gasteiger partial charge < -0.3 is 0 Å². The maximum atomic E-state index is 14.9. The average Bonchev–Trinajstić information content (AvgIpc) is 2.30. The molecule has 3 unspecified atom stereocenters. The van der Waals surface area contributed by atoms with Crippen LogP contribution in [-0.4, -0.2) is 17.7 Å². The summed E-state index contributed by atoms with van der Waals surface area (Å²) in [5, 5.41) is -0.989. The fraction of sp³-hybridized carbons (Fsp3) is 0.733. The topological polar surface area (TPSA) is 0 Å². The monoisotopic (exact) mass is 257 g/mol. The molecule has 17 heavy (non-hydrogen) atoms. The Morgan fingerprint density at radius 1 is 1.29 bits per heavy atom. The van der Waals surface area contributed by atoms with Crippen LogP contribution in [0.2, 0.25) is 0 Å². The first-order valence-corrected chi connectivity index (χ1v) is 8.92. The predicted molar refractivity (Wildman–Crippen MR) is 79.1 cm³/mol. The maximum absolute atomic E-state index is 14.9. The molecular formula is C15H27FP+. The molecule has 1 aliphatic carbocycles. The van der Waals surface area contributed by atoms with E-state index < -0.39 is 13.3 Å². The Balaban J connectivity index is 2.64. The average molecular weight is 257 g/mol. The van der Waals surface area contributed by atoms with Gasteiger partial charge in [0.25, 0.3) is 0 Å². The summed E-state index contributed by atoms with van der Waals surface area (Å²) in [5.41, 5.74) is 0. The number of allylic oxidation sites excluding steroid dienone is 4. The Bertz CT molecular complexity index is 272. The summed E-state index contributed by atoms with van der Waals surface area (Å²) in [6, 6.07) is 0. The van der Waals surface area contributed by atoms with Gasteiger partial charge in [0, 0.05) is 14.3 Å². The molecule has 1 aliphatic rings. The van der Waals surface area contributed by atoms with Gasteiger partial charge in [-0.3, -0.25) is 0 Å². The van der Waals surface area contributed by atoms with Crippen molar-refractivity contribution < 1.29 is 4.39 Å². The molecule has 98 valence electrons. The summed E-state index contributed by atoms with van der Waals surface area (Å²) in [6.07, 6.45) is 14.1. The van der Waals surface area contributed by atoms with Gasteiger partial charge in [-0.2, -0.15) is 4.39 Å². The van der Waals surface area contributed by atoms with Crippen molar-refractivity contribution in [2.45, 2.75) is 51.9 Å². The zero-order chi connectivity index (χ0) is 12.7. The molecule has 0 heterocycles. The SMILES string of the molecule is CCCC(C)C[PH+](CCC)C1(F)C=CC=CC1. The molecule has 0 saturated carbocycles. The van der Waals surface area contributed by atoms with Gasteiger partial charge in [0.05, 0.1) is 12.3 Å². The van der Waals surface area contributed by atoms with Crippen molar-refractivity contribution in [3.05, 3.63) is 24.3 Å². The molecule has 0 saturated heterocycles. The molecule has 0 aliphatic heterocycles. The second kappa shape index (κ2) is 7.31. The van der Waals surface area contributed by atoms with E-state index >= 15 is 0 Å². The van der Waals surface area contributed by atoms with Gasteiger partial charge in [-0.1, -0.05) is 45.4 Å². The van der Waals surface area contributed by atoms with Crippen LogP contribution in [-0.2, 0) is 0 Å². The lowest BCUT2D eigenvalue weighted by Crippen LogP contribution is -2.22. The van der Waals surface area contributed by atoms with Crippen LogP contribution < -0.4 is 0 Å². The first-order chi connectivity index (χ1) is 8.12. The summed E-state index contributed by atoms with van der Waals surface area (Å²) >= 11 is 0. The number of halogens is 1. The van der Waals surface area contributed by atoms with Gasteiger partial charge >= 0.3 is 0 Å². The molecule has 0 amide bonds. The summed E-state index contributed by atoms with van der Waals surface area (Å²) < 4.78 is 14.9. The molecule has 0 spiro atoms. The van der Waals surface area contributed by atoms with Crippen molar-refractivity contribution >= 4 is 7.92 Å². The molecule has 0 radical (unpaired) electrons. The van der Waals surface area contributed by atoms with Crippen molar-refractivity contribution in [3.8, 4) is 0 Å². The van der Waals surface area contributed by atoms with E-state index in [9.17, 15) is 4.39 Å². The highest BCUT2D eigenvalue weighted by molar-refractivity contribution is 7.59. The van der Waals surface area contributed by atoms with Crippen molar-refractivity contribution in [1.29, 1.82) is 0 Å². The molecule has 0 aromatic carbocycles. The highest BCUT2D eigenvalue weighted by Crippen LogP contribution is 2.56. The van der Waals surface area contributed by atoms with Crippen LogP contribution in [0.25, 0.3) is 0 Å². The number of alkyl halides is 1. The Morgan fingerprint density at radius 3 is 2.59 bits per heavy atom. The predicted octanol–water partition coefficient (Wildman–Crippen LogP) is 5.23. The summed E-state index contributed by atoms with van der Waals surface area (Å²) in [6.45, 7) is 6.69. The van der Waals surface area contributed by atoms with E-state index in [2.05, 4.69) is 20.8 Å². The lowest BCUT2D eigenvalue weighted by atomic mass is 10.1.